The Hall–Kier alpha value is -2.57. The number of ether oxygens (including phenoxy) is 1. The minimum atomic E-state index is -0.655. The Balaban J connectivity index is 1.07. The number of hydrogen-bond donors (Lipinski definition) is 1. The Morgan fingerprint density at radius 2 is 1.49 bits per heavy atom. The van der Waals surface area contributed by atoms with Crippen LogP contribution in [0.1, 0.15) is 108 Å². The molecular formula is C34H50N4O3. The number of benzene rings is 1. The maximum Gasteiger partial charge on any atom is 0.263 e. The number of rotatable bonds is 7. The van der Waals surface area contributed by atoms with Gasteiger partial charge in [-0.1, -0.05) is 82.4 Å². The number of fused-ring (bicyclic) bond motifs is 1. The number of aryl methyl sites for hydroxylation is 1. The molecule has 1 aromatic rings. The largest absolute Gasteiger partial charge is 0.480 e. The molecule has 3 aliphatic heterocycles. The summed E-state index contributed by atoms with van der Waals surface area (Å²) in [5.74, 6) is 3.05. The molecule has 0 radical (unpaired) electrons. The number of amides is 2. The second-order valence-electron chi connectivity index (χ2n) is 13.7. The number of carbonyl (C=O) groups is 2. The van der Waals surface area contributed by atoms with Gasteiger partial charge >= 0.3 is 0 Å². The number of likely N-dealkylation sites (tertiary alicyclic amines) is 1. The first kappa shape index (κ1) is 28.5. The monoisotopic (exact) mass is 562 g/mol. The van der Waals surface area contributed by atoms with Gasteiger partial charge in [0.05, 0.1) is 0 Å². The highest BCUT2D eigenvalue weighted by Crippen LogP contribution is 2.42. The van der Waals surface area contributed by atoms with Crippen LogP contribution in [0.3, 0.4) is 0 Å². The molecule has 1 saturated heterocycles. The number of aliphatic imine (C=N–C) groups is 1. The molecule has 0 spiro atoms. The minimum absolute atomic E-state index is 0.109. The molecule has 2 saturated carbocycles. The van der Waals surface area contributed by atoms with Crippen LogP contribution in [-0.2, 0) is 16.0 Å². The third-order valence-electron chi connectivity index (χ3n) is 10.7. The molecule has 7 heteroatoms. The topological polar surface area (TPSA) is 88.2 Å². The van der Waals surface area contributed by atoms with Crippen LogP contribution >= 0.6 is 0 Å². The maximum absolute atomic E-state index is 14.2. The van der Waals surface area contributed by atoms with Gasteiger partial charge in [0.25, 0.3) is 11.8 Å². The van der Waals surface area contributed by atoms with E-state index in [1.54, 1.807) is 0 Å². The minimum Gasteiger partial charge on any atom is -0.480 e. The van der Waals surface area contributed by atoms with E-state index in [0.29, 0.717) is 43.3 Å². The van der Waals surface area contributed by atoms with Crippen molar-refractivity contribution in [3.8, 4) is 5.75 Å². The van der Waals surface area contributed by atoms with E-state index in [-0.39, 0.29) is 11.8 Å². The third-order valence-corrected chi connectivity index (χ3v) is 10.7. The van der Waals surface area contributed by atoms with Gasteiger partial charge in [-0.25, -0.2) is 4.99 Å². The van der Waals surface area contributed by atoms with Crippen LogP contribution < -0.4 is 10.5 Å². The Bertz CT molecular complexity index is 1080. The highest BCUT2D eigenvalue weighted by molar-refractivity contribution is 6.06. The van der Waals surface area contributed by atoms with Crippen LogP contribution in [0, 0.1) is 17.8 Å². The zero-order chi connectivity index (χ0) is 28.2. The van der Waals surface area contributed by atoms with Gasteiger partial charge in [-0.2, -0.15) is 0 Å². The quantitative estimate of drug-likeness (QED) is 0.452. The first-order valence-electron chi connectivity index (χ1n) is 16.7. The number of para-hydroxylation sites is 1. The number of nitrogens with zero attached hydrogens (tertiary/aromatic N) is 3. The van der Waals surface area contributed by atoms with Crippen molar-refractivity contribution < 1.29 is 14.3 Å². The average molecular weight is 563 g/mol. The summed E-state index contributed by atoms with van der Waals surface area (Å²) in [5, 5.41) is 0. The molecule has 1 aromatic carbocycles. The summed E-state index contributed by atoms with van der Waals surface area (Å²) in [6.45, 7) is 2.04. The summed E-state index contributed by atoms with van der Waals surface area (Å²) in [6.07, 6.45) is 18.4. The molecule has 224 valence electrons. The van der Waals surface area contributed by atoms with Crippen molar-refractivity contribution in [1.29, 1.82) is 0 Å². The van der Waals surface area contributed by atoms with E-state index in [4.69, 9.17) is 15.5 Å². The molecule has 2 N–H and O–H groups in total. The lowest BCUT2D eigenvalue weighted by Crippen LogP contribution is -2.50. The Kier molecular flexibility index (Phi) is 8.87. The molecule has 6 rings (SSSR count). The number of piperidine rings is 1. The highest BCUT2D eigenvalue weighted by atomic mass is 16.5. The lowest BCUT2D eigenvalue weighted by atomic mass is 9.73. The van der Waals surface area contributed by atoms with Gasteiger partial charge in [0.1, 0.15) is 11.3 Å². The standard InChI is InChI=1S/C34H50N4O3/c35-33-36-34(22-25-10-3-1-4-11-25,23-26-12-5-2-6-13-26)32(40)38(33)24-27-18-20-37(21-19-27)31(39)30-17-9-15-28-14-7-8-16-29(28)41-30/h7-8,14,16,25-27,30H,1-6,9-13,15,17-24H2,(H2,35,36). The molecule has 41 heavy (non-hydrogen) atoms. The molecular weight excluding hydrogens is 512 g/mol. The first-order valence-corrected chi connectivity index (χ1v) is 16.7. The van der Waals surface area contributed by atoms with Crippen LogP contribution in [0.5, 0.6) is 5.75 Å². The molecule has 5 aliphatic rings. The third kappa shape index (κ3) is 6.44. The highest BCUT2D eigenvalue weighted by Gasteiger charge is 2.50. The molecule has 2 amide bonds. The van der Waals surface area contributed by atoms with Gasteiger partial charge in [-0.15, -0.1) is 0 Å². The van der Waals surface area contributed by atoms with Gasteiger partial charge < -0.3 is 15.4 Å². The van der Waals surface area contributed by atoms with Gasteiger partial charge in [0.2, 0.25) is 0 Å². The summed E-state index contributed by atoms with van der Waals surface area (Å²) >= 11 is 0. The zero-order valence-electron chi connectivity index (χ0n) is 24.9. The Labute approximate surface area is 246 Å². The second kappa shape index (κ2) is 12.7. The summed E-state index contributed by atoms with van der Waals surface area (Å²) < 4.78 is 6.21. The van der Waals surface area contributed by atoms with Crippen LogP contribution in [-0.4, -0.2) is 58.9 Å². The second-order valence-corrected chi connectivity index (χ2v) is 13.7. The van der Waals surface area contributed by atoms with Gasteiger partial charge in [0.15, 0.2) is 12.1 Å². The van der Waals surface area contributed by atoms with E-state index < -0.39 is 11.6 Å². The summed E-state index contributed by atoms with van der Waals surface area (Å²) in [7, 11) is 0. The van der Waals surface area contributed by atoms with Gasteiger partial charge in [-0.05, 0) is 74.3 Å². The lowest BCUT2D eigenvalue weighted by molar-refractivity contribution is -0.141. The van der Waals surface area contributed by atoms with Crippen molar-refractivity contribution in [2.24, 2.45) is 28.5 Å². The molecule has 1 atom stereocenters. The van der Waals surface area contributed by atoms with Crippen LogP contribution in [0.4, 0.5) is 0 Å². The average Bonchev–Trinajstić information content (AvgIpc) is 3.13. The van der Waals surface area contributed by atoms with Gasteiger partial charge in [-0.3, -0.25) is 14.5 Å². The Morgan fingerprint density at radius 1 is 0.854 bits per heavy atom. The fourth-order valence-electron chi connectivity index (χ4n) is 8.43. The summed E-state index contributed by atoms with van der Waals surface area (Å²) in [6, 6.07) is 8.09. The van der Waals surface area contributed by atoms with E-state index in [9.17, 15) is 9.59 Å². The molecule has 0 aromatic heterocycles. The molecule has 0 bridgehead atoms. The number of carbonyl (C=O) groups excluding carboxylic acids is 2. The number of nitrogens with two attached hydrogens (primary N) is 1. The van der Waals surface area contributed by atoms with E-state index in [0.717, 1.165) is 50.7 Å². The maximum atomic E-state index is 14.2. The molecule has 7 nitrogen and oxygen atoms in total. The fourth-order valence-corrected chi connectivity index (χ4v) is 8.43. The van der Waals surface area contributed by atoms with Crippen molar-refractivity contribution in [3.63, 3.8) is 0 Å². The molecule has 2 aliphatic carbocycles. The van der Waals surface area contributed by atoms with E-state index in [1.807, 2.05) is 28.0 Å². The van der Waals surface area contributed by atoms with E-state index >= 15 is 0 Å². The van der Waals surface area contributed by atoms with E-state index in [1.165, 1.54) is 69.8 Å². The van der Waals surface area contributed by atoms with Crippen molar-refractivity contribution in [3.05, 3.63) is 29.8 Å². The number of guanidine groups is 1. The summed E-state index contributed by atoms with van der Waals surface area (Å²) in [4.78, 5) is 36.5. The van der Waals surface area contributed by atoms with Crippen LogP contribution in [0.2, 0.25) is 0 Å². The van der Waals surface area contributed by atoms with Crippen LogP contribution in [0.25, 0.3) is 0 Å². The van der Waals surface area contributed by atoms with Crippen molar-refractivity contribution >= 4 is 17.8 Å². The van der Waals surface area contributed by atoms with E-state index in [2.05, 4.69) is 6.07 Å². The molecule has 3 fully saturated rings. The van der Waals surface area contributed by atoms with Crippen molar-refractivity contribution in [2.45, 2.75) is 121 Å². The fraction of sp³-hybridized carbons (Fsp3) is 0.735. The van der Waals surface area contributed by atoms with Gasteiger partial charge in [0, 0.05) is 19.6 Å². The van der Waals surface area contributed by atoms with Crippen LogP contribution in [0.15, 0.2) is 29.3 Å². The normalized spacial score (nSPS) is 26.3. The zero-order valence-corrected chi connectivity index (χ0v) is 24.9. The molecule has 3 heterocycles. The molecule has 1 unspecified atom stereocenters. The predicted octanol–water partition coefficient (Wildman–Crippen LogP) is 5.85. The summed E-state index contributed by atoms with van der Waals surface area (Å²) in [5.41, 5.74) is 7.11. The first-order chi connectivity index (χ1) is 20.0. The van der Waals surface area contributed by atoms with Crippen molar-refractivity contribution in [2.75, 3.05) is 19.6 Å². The SMILES string of the molecule is NC1=NC(CC2CCCCC2)(CC2CCCCC2)C(=O)N1CC1CCN(C(=O)C2CCCc3ccccc3O2)CC1. The predicted molar refractivity (Wildman–Crippen MR) is 162 cm³/mol. The Morgan fingerprint density at radius 3 is 2.15 bits per heavy atom. The number of hydrogen-bond acceptors (Lipinski definition) is 5. The smallest absolute Gasteiger partial charge is 0.263 e. The lowest BCUT2D eigenvalue weighted by Gasteiger charge is -2.37. The van der Waals surface area contributed by atoms with Crippen molar-refractivity contribution in [1.82, 2.24) is 9.80 Å².